The smallest absolute Gasteiger partial charge is 0.236 e. The first kappa shape index (κ1) is 4.76. The van der Waals surface area contributed by atoms with Crippen molar-refractivity contribution in [2.45, 2.75) is 0 Å². The second-order valence-corrected chi connectivity index (χ2v) is 1.35. The molecule has 0 saturated carbocycles. The van der Waals surface area contributed by atoms with Crippen molar-refractivity contribution in [3.05, 3.63) is 6.20 Å². The Bertz CT molecular complexity index is 174. The molecule has 1 aromatic rings. The summed E-state index contributed by atoms with van der Waals surface area (Å²) in [4.78, 5) is 3.48. The van der Waals surface area contributed by atoms with E-state index >= 15 is 0 Å². The third-order valence-corrected chi connectivity index (χ3v) is 0.791. The highest BCUT2D eigenvalue weighted by Gasteiger charge is 1.97. The van der Waals surface area contributed by atoms with Gasteiger partial charge in [-0.25, -0.2) is 4.98 Å². The van der Waals surface area contributed by atoms with Crippen LogP contribution in [0.4, 0.5) is 11.8 Å². The van der Waals surface area contributed by atoms with Crippen LogP contribution in [0.25, 0.3) is 0 Å². The minimum Gasteiger partial charge on any atom is -0.424 e. The standard InChI is InChI=1S/C3H6N4O/c4-2-1-6-3(5)7(2)8/h1,8H,4H2,(H2,5,6). The largest absolute Gasteiger partial charge is 0.424 e. The van der Waals surface area contributed by atoms with Crippen LogP contribution in [0.15, 0.2) is 6.20 Å². The summed E-state index contributed by atoms with van der Waals surface area (Å²) < 4.78 is 0.611. The van der Waals surface area contributed by atoms with Gasteiger partial charge in [0.25, 0.3) is 0 Å². The molecule has 0 saturated heterocycles. The summed E-state index contributed by atoms with van der Waals surface area (Å²) in [5.74, 6) is 0.144. The van der Waals surface area contributed by atoms with Gasteiger partial charge in [-0.1, -0.05) is 0 Å². The van der Waals surface area contributed by atoms with E-state index in [0.717, 1.165) is 0 Å². The van der Waals surface area contributed by atoms with Crippen LogP contribution in [0.2, 0.25) is 0 Å². The van der Waals surface area contributed by atoms with Crippen LogP contribution in [0.5, 0.6) is 0 Å². The summed E-state index contributed by atoms with van der Waals surface area (Å²) >= 11 is 0. The highest BCUT2D eigenvalue weighted by molar-refractivity contribution is 5.34. The molecule has 0 spiro atoms. The lowest BCUT2D eigenvalue weighted by molar-refractivity contribution is 0.198. The van der Waals surface area contributed by atoms with Gasteiger partial charge in [-0.2, -0.15) is 0 Å². The molecular weight excluding hydrogens is 108 g/mol. The van der Waals surface area contributed by atoms with Crippen LogP contribution in [-0.2, 0) is 0 Å². The van der Waals surface area contributed by atoms with Crippen LogP contribution >= 0.6 is 0 Å². The van der Waals surface area contributed by atoms with Crippen LogP contribution in [0, 0.1) is 0 Å². The Balaban J connectivity index is 3.19. The molecule has 0 radical (unpaired) electrons. The van der Waals surface area contributed by atoms with Crippen molar-refractivity contribution in [1.82, 2.24) is 9.71 Å². The van der Waals surface area contributed by atoms with E-state index in [-0.39, 0.29) is 11.8 Å². The first-order valence-corrected chi connectivity index (χ1v) is 2.00. The topological polar surface area (TPSA) is 90.1 Å². The summed E-state index contributed by atoms with van der Waals surface area (Å²) in [5.41, 5.74) is 10.2. The third-order valence-electron chi connectivity index (χ3n) is 0.791. The lowest BCUT2D eigenvalue weighted by Gasteiger charge is -1.91. The number of rotatable bonds is 0. The highest BCUT2D eigenvalue weighted by atomic mass is 16.5. The van der Waals surface area contributed by atoms with E-state index in [9.17, 15) is 0 Å². The van der Waals surface area contributed by atoms with Gasteiger partial charge in [0.2, 0.25) is 5.95 Å². The Morgan fingerprint density at radius 1 is 1.62 bits per heavy atom. The number of anilines is 2. The average Bonchev–Trinajstić information content (AvgIpc) is 1.98. The molecule has 5 heteroatoms. The molecule has 8 heavy (non-hydrogen) atoms. The predicted molar refractivity (Wildman–Crippen MR) is 28.2 cm³/mol. The minimum absolute atomic E-state index is 0.00231. The number of nitrogen functional groups attached to an aromatic ring is 2. The zero-order chi connectivity index (χ0) is 6.15. The van der Waals surface area contributed by atoms with E-state index in [1.54, 1.807) is 0 Å². The van der Waals surface area contributed by atoms with E-state index in [4.69, 9.17) is 16.7 Å². The van der Waals surface area contributed by atoms with Gasteiger partial charge in [0, 0.05) is 0 Å². The molecule has 1 aromatic heterocycles. The van der Waals surface area contributed by atoms with Crippen molar-refractivity contribution in [3.63, 3.8) is 0 Å². The van der Waals surface area contributed by atoms with Crippen molar-refractivity contribution in [2.75, 3.05) is 11.5 Å². The second-order valence-electron chi connectivity index (χ2n) is 1.35. The molecule has 0 aliphatic carbocycles. The Hall–Kier alpha value is -1.39. The van der Waals surface area contributed by atoms with Crippen LogP contribution in [0.1, 0.15) is 0 Å². The first-order chi connectivity index (χ1) is 3.72. The van der Waals surface area contributed by atoms with Crippen LogP contribution < -0.4 is 11.5 Å². The molecule has 0 aliphatic heterocycles. The summed E-state index contributed by atoms with van der Waals surface area (Å²) in [6, 6.07) is 0. The molecule has 5 N–H and O–H groups in total. The lowest BCUT2D eigenvalue weighted by atomic mass is 10.8. The monoisotopic (exact) mass is 114 g/mol. The Kier molecular flexibility index (Phi) is 0.768. The van der Waals surface area contributed by atoms with Crippen LogP contribution in [0.3, 0.4) is 0 Å². The van der Waals surface area contributed by atoms with Crippen molar-refractivity contribution >= 4 is 11.8 Å². The maximum Gasteiger partial charge on any atom is 0.236 e. The van der Waals surface area contributed by atoms with Gasteiger partial charge >= 0.3 is 0 Å². The lowest BCUT2D eigenvalue weighted by Crippen LogP contribution is -2.01. The molecule has 0 aromatic carbocycles. The fraction of sp³-hybridized carbons (Fsp3) is 0. The molecule has 0 aliphatic rings. The number of hydrogen-bond acceptors (Lipinski definition) is 4. The van der Waals surface area contributed by atoms with Gasteiger partial charge in [0.05, 0.1) is 6.20 Å². The molecule has 1 heterocycles. The van der Waals surface area contributed by atoms with E-state index in [2.05, 4.69) is 4.98 Å². The SMILES string of the molecule is Nc1cnc(N)n1O. The van der Waals surface area contributed by atoms with Gasteiger partial charge in [0.1, 0.15) is 0 Å². The van der Waals surface area contributed by atoms with Gasteiger partial charge in [-0.3, -0.25) is 0 Å². The summed E-state index contributed by atoms with van der Waals surface area (Å²) in [7, 11) is 0. The number of aromatic nitrogens is 2. The molecule has 0 unspecified atom stereocenters. The molecule has 5 nitrogen and oxygen atoms in total. The number of hydrogen-bond donors (Lipinski definition) is 3. The normalized spacial score (nSPS) is 9.50. The van der Waals surface area contributed by atoms with Gasteiger partial charge < -0.3 is 16.7 Å². The maximum absolute atomic E-state index is 8.65. The number of imidazole rings is 1. The summed E-state index contributed by atoms with van der Waals surface area (Å²) in [6.07, 6.45) is 1.27. The fourth-order valence-electron chi connectivity index (χ4n) is 0.374. The molecule has 44 valence electrons. The fourth-order valence-corrected chi connectivity index (χ4v) is 0.374. The third kappa shape index (κ3) is 0.446. The molecular formula is C3H6N4O. The summed E-state index contributed by atoms with van der Waals surface area (Å²) in [5, 5.41) is 8.65. The average molecular weight is 114 g/mol. The molecule has 0 atom stereocenters. The Morgan fingerprint density at radius 3 is 2.38 bits per heavy atom. The minimum atomic E-state index is 0.00231. The molecule has 0 amide bonds. The molecule has 1 rings (SSSR count). The van der Waals surface area contributed by atoms with E-state index in [0.29, 0.717) is 4.73 Å². The molecule has 0 fully saturated rings. The summed E-state index contributed by atoms with van der Waals surface area (Å²) in [6.45, 7) is 0. The van der Waals surface area contributed by atoms with Gasteiger partial charge in [-0.15, -0.1) is 4.73 Å². The van der Waals surface area contributed by atoms with Gasteiger partial charge in [-0.05, 0) is 0 Å². The van der Waals surface area contributed by atoms with Gasteiger partial charge in [0.15, 0.2) is 5.82 Å². The van der Waals surface area contributed by atoms with Crippen LogP contribution in [-0.4, -0.2) is 14.9 Å². The van der Waals surface area contributed by atoms with E-state index < -0.39 is 0 Å². The number of nitrogens with zero attached hydrogens (tertiary/aromatic N) is 2. The quantitative estimate of drug-likeness (QED) is 0.388. The van der Waals surface area contributed by atoms with Crippen molar-refractivity contribution in [1.29, 1.82) is 0 Å². The highest BCUT2D eigenvalue weighted by Crippen LogP contribution is 2.02. The Morgan fingerprint density at radius 2 is 2.25 bits per heavy atom. The second kappa shape index (κ2) is 1.29. The maximum atomic E-state index is 8.65. The zero-order valence-electron chi connectivity index (χ0n) is 4.07. The van der Waals surface area contributed by atoms with Crippen molar-refractivity contribution < 1.29 is 5.21 Å². The molecule has 0 bridgehead atoms. The van der Waals surface area contributed by atoms with Crippen molar-refractivity contribution in [3.8, 4) is 0 Å². The first-order valence-electron chi connectivity index (χ1n) is 2.00. The zero-order valence-corrected chi connectivity index (χ0v) is 4.07. The van der Waals surface area contributed by atoms with E-state index in [1.807, 2.05) is 0 Å². The predicted octanol–water partition coefficient (Wildman–Crippen LogP) is -0.715. The van der Waals surface area contributed by atoms with Crippen molar-refractivity contribution in [2.24, 2.45) is 0 Å². The van der Waals surface area contributed by atoms with E-state index in [1.165, 1.54) is 6.20 Å². The Labute approximate surface area is 45.5 Å². The number of nitrogens with two attached hydrogens (primary N) is 2.